The van der Waals surface area contributed by atoms with E-state index in [4.69, 9.17) is 9.47 Å². The number of hydrogen-bond acceptors (Lipinski definition) is 7. The number of pyridine rings is 1. The number of rotatable bonds is 7. The van der Waals surface area contributed by atoms with Crippen molar-refractivity contribution in [1.82, 2.24) is 24.8 Å². The van der Waals surface area contributed by atoms with Crippen LogP contribution in [0.15, 0.2) is 67.1 Å². The quantitative estimate of drug-likeness (QED) is 0.340. The molecule has 8 nitrogen and oxygen atoms in total. The summed E-state index contributed by atoms with van der Waals surface area (Å²) in [7, 11) is 1.98. The van der Waals surface area contributed by atoms with Gasteiger partial charge in [0.05, 0.1) is 28.3 Å². The molecule has 6 rings (SSSR count). The molecule has 2 aromatic carbocycles. The number of ether oxygens (including phenoxy) is 2. The fourth-order valence-corrected chi connectivity index (χ4v) is 5.71. The molecule has 37 heavy (non-hydrogen) atoms. The molecule has 0 aliphatic carbocycles. The maximum absolute atomic E-state index is 12.9. The van der Waals surface area contributed by atoms with Crippen LogP contribution >= 0.6 is 11.3 Å². The molecule has 0 atom stereocenters. The summed E-state index contributed by atoms with van der Waals surface area (Å²) in [5.74, 6) is 2.28. The van der Waals surface area contributed by atoms with Gasteiger partial charge in [0.15, 0.2) is 0 Å². The van der Waals surface area contributed by atoms with Crippen LogP contribution in [0.3, 0.4) is 0 Å². The molecule has 1 amide bonds. The predicted molar refractivity (Wildman–Crippen MR) is 145 cm³/mol. The number of nitrogens with zero attached hydrogens (tertiary/aromatic N) is 4. The molecule has 3 aromatic heterocycles. The van der Waals surface area contributed by atoms with Crippen LogP contribution in [0, 0.1) is 0 Å². The molecule has 0 bridgehead atoms. The maximum Gasteiger partial charge on any atom is 0.251 e. The van der Waals surface area contributed by atoms with Gasteiger partial charge in [-0.3, -0.25) is 14.7 Å². The molecule has 1 aliphatic heterocycles. The summed E-state index contributed by atoms with van der Waals surface area (Å²) >= 11 is 1.61. The lowest BCUT2D eigenvalue weighted by Crippen LogP contribution is -2.41. The highest BCUT2D eigenvalue weighted by Crippen LogP contribution is 2.39. The number of benzene rings is 2. The third-order valence-corrected chi connectivity index (χ3v) is 7.69. The molecular formula is C28H27N5O3S. The largest absolute Gasteiger partial charge is 0.456 e. The second-order valence-electron chi connectivity index (χ2n) is 9.00. The molecule has 0 radical (unpaired) electrons. The van der Waals surface area contributed by atoms with Gasteiger partial charge in [-0.2, -0.15) is 0 Å². The number of aryl methyl sites for hydroxylation is 1. The van der Waals surface area contributed by atoms with Crippen LogP contribution in [-0.4, -0.2) is 64.7 Å². The number of carbonyl (C=O) groups is 1. The van der Waals surface area contributed by atoms with Gasteiger partial charge in [0.25, 0.3) is 5.91 Å². The van der Waals surface area contributed by atoms with Gasteiger partial charge in [-0.1, -0.05) is 12.1 Å². The first kappa shape index (κ1) is 23.6. The number of thiophene rings is 1. The SMILES string of the molecule is Cn1ccnc1-c1cc2nccc(Oc3ccc4c(C(=O)NCCN5CCOCC5)cccc4c3)c2s1. The van der Waals surface area contributed by atoms with Crippen LogP contribution in [0.1, 0.15) is 10.4 Å². The number of aromatic nitrogens is 3. The number of imidazole rings is 1. The van der Waals surface area contributed by atoms with E-state index in [2.05, 4.69) is 20.2 Å². The molecular weight excluding hydrogens is 486 g/mol. The standard InChI is InChI=1S/C28H27N5O3S/c1-32-11-9-30-27(32)25-18-23-26(37-25)24(7-8-29-23)36-20-5-6-21-19(17-20)3-2-4-22(21)28(34)31-10-12-33-13-15-35-16-14-33/h2-9,11,17-18H,10,12-16H2,1H3,(H,31,34). The Kier molecular flexibility index (Phi) is 6.57. The van der Waals surface area contributed by atoms with E-state index in [1.807, 2.05) is 66.3 Å². The van der Waals surface area contributed by atoms with E-state index in [9.17, 15) is 4.79 Å². The van der Waals surface area contributed by atoms with Crippen molar-refractivity contribution < 1.29 is 14.3 Å². The van der Waals surface area contributed by atoms with Crippen molar-refractivity contribution in [3.8, 4) is 22.2 Å². The Morgan fingerprint density at radius 2 is 2.00 bits per heavy atom. The average Bonchev–Trinajstić information content (AvgIpc) is 3.55. The molecule has 1 saturated heterocycles. The summed E-state index contributed by atoms with van der Waals surface area (Å²) in [6.07, 6.45) is 5.48. The first-order chi connectivity index (χ1) is 18.2. The van der Waals surface area contributed by atoms with Crippen LogP contribution in [0.2, 0.25) is 0 Å². The molecule has 1 fully saturated rings. The van der Waals surface area contributed by atoms with E-state index in [0.29, 0.717) is 17.9 Å². The number of morpholine rings is 1. The number of nitrogens with one attached hydrogen (secondary N) is 1. The van der Waals surface area contributed by atoms with Gasteiger partial charge in [-0.25, -0.2) is 4.98 Å². The minimum absolute atomic E-state index is 0.0660. The van der Waals surface area contributed by atoms with E-state index >= 15 is 0 Å². The first-order valence-electron chi connectivity index (χ1n) is 12.3. The van der Waals surface area contributed by atoms with Gasteiger partial charge in [0.2, 0.25) is 0 Å². The van der Waals surface area contributed by atoms with Crippen molar-refractivity contribution in [1.29, 1.82) is 0 Å². The van der Waals surface area contributed by atoms with E-state index in [1.165, 1.54) is 0 Å². The molecule has 1 N–H and O–H groups in total. The van der Waals surface area contributed by atoms with Crippen molar-refractivity contribution in [3.05, 3.63) is 72.7 Å². The molecule has 0 unspecified atom stereocenters. The van der Waals surface area contributed by atoms with Crippen molar-refractivity contribution in [2.24, 2.45) is 7.05 Å². The third kappa shape index (κ3) is 4.93. The van der Waals surface area contributed by atoms with Gasteiger partial charge < -0.3 is 19.4 Å². The smallest absolute Gasteiger partial charge is 0.251 e. The third-order valence-electron chi connectivity index (χ3n) is 6.56. The Hall–Kier alpha value is -3.79. The monoisotopic (exact) mass is 513 g/mol. The minimum Gasteiger partial charge on any atom is -0.456 e. The normalized spacial score (nSPS) is 14.3. The second kappa shape index (κ2) is 10.3. The minimum atomic E-state index is -0.0660. The topological polar surface area (TPSA) is 81.5 Å². The van der Waals surface area contributed by atoms with Crippen LogP contribution in [-0.2, 0) is 11.8 Å². The van der Waals surface area contributed by atoms with Gasteiger partial charge in [-0.05, 0) is 41.1 Å². The molecule has 9 heteroatoms. The number of hydrogen-bond donors (Lipinski definition) is 1. The van der Waals surface area contributed by atoms with Crippen LogP contribution in [0.4, 0.5) is 0 Å². The summed E-state index contributed by atoms with van der Waals surface area (Å²) in [6.45, 7) is 4.76. The zero-order valence-electron chi connectivity index (χ0n) is 20.5. The second-order valence-corrected chi connectivity index (χ2v) is 10.0. The summed E-state index contributed by atoms with van der Waals surface area (Å²) in [5, 5.41) is 4.91. The maximum atomic E-state index is 12.9. The Bertz CT molecular complexity index is 1570. The zero-order chi connectivity index (χ0) is 25.2. The first-order valence-corrected chi connectivity index (χ1v) is 13.1. The molecule has 0 saturated carbocycles. The number of fused-ring (bicyclic) bond motifs is 2. The van der Waals surface area contributed by atoms with E-state index < -0.39 is 0 Å². The van der Waals surface area contributed by atoms with Crippen LogP contribution in [0.5, 0.6) is 11.5 Å². The lowest BCUT2D eigenvalue weighted by atomic mass is 10.0. The van der Waals surface area contributed by atoms with Gasteiger partial charge in [0.1, 0.15) is 17.3 Å². The Morgan fingerprint density at radius 3 is 2.84 bits per heavy atom. The average molecular weight is 514 g/mol. The zero-order valence-corrected chi connectivity index (χ0v) is 21.3. The van der Waals surface area contributed by atoms with Gasteiger partial charge in [0, 0.05) is 63.4 Å². The van der Waals surface area contributed by atoms with E-state index in [0.717, 1.165) is 70.3 Å². The van der Waals surface area contributed by atoms with Crippen molar-refractivity contribution in [2.45, 2.75) is 0 Å². The van der Waals surface area contributed by atoms with Gasteiger partial charge >= 0.3 is 0 Å². The van der Waals surface area contributed by atoms with E-state index in [-0.39, 0.29) is 5.91 Å². The van der Waals surface area contributed by atoms with Crippen LogP contribution < -0.4 is 10.1 Å². The molecule has 0 spiro atoms. The molecule has 4 heterocycles. The summed E-state index contributed by atoms with van der Waals surface area (Å²) in [6, 6.07) is 15.5. The summed E-state index contributed by atoms with van der Waals surface area (Å²) in [5.41, 5.74) is 1.53. The van der Waals surface area contributed by atoms with Crippen LogP contribution in [0.25, 0.3) is 31.7 Å². The highest BCUT2D eigenvalue weighted by atomic mass is 32.1. The van der Waals surface area contributed by atoms with E-state index in [1.54, 1.807) is 23.7 Å². The Labute approximate surface area is 218 Å². The highest BCUT2D eigenvalue weighted by molar-refractivity contribution is 7.22. The number of amides is 1. The number of carbonyl (C=O) groups excluding carboxylic acids is 1. The summed E-state index contributed by atoms with van der Waals surface area (Å²) in [4.78, 5) is 25.3. The van der Waals surface area contributed by atoms with Crippen molar-refractivity contribution in [2.75, 3.05) is 39.4 Å². The van der Waals surface area contributed by atoms with Crippen molar-refractivity contribution in [3.63, 3.8) is 0 Å². The Morgan fingerprint density at radius 1 is 1.11 bits per heavy atom. The Balaban J connectivity index is 1.21. The molecule has 1 aliphatic rings. The molecule has 188 valence electrons. The fourth-order valence-electron chi connectivity index (χ4n) is 4.61. The predicted octanol–water partition coefficient (Wildman–Crippen LogP) is 4.70. The highest BCUT2D eigenvalue weighted by Gasteiger charge is 2.15. The molecule has 5 aromatic rings. The lowest BCUT2D eigenvalue weighted by Gasteiger charge is -2.26. The fraction of sp³-hybridized carbons (Fsp3) is 0.250. The lowest BCUT2D eigenvalue weighted by molar-refractivity contribution is 0.0383. The van der Waals surface area contributed by atoms with Gasteiger partial charge in [-0.15, -0.1) is 11.3 Å². The summed E-state index contributed by atoms with van der Waals surface area (Å²) < 4.78 is 14.7. The van der Waals surface area contributed by atoms with Crippen molar-refractivity contribution >= 4 is 38.2 Å².